The third kappa shape index (κ3) is 3.73. The average molecular weight is 276 g/mol. The summed E-state index contributed by atoms with van der Waals surface area (Å²) in [6.07, 6.45) is 2.64. The lowest BCUT2D eigenvalue weighted by Crippen LogP contribution is -2.05. The minimum Gasteiger partial charge on any atom is -0.493 e. The third-order valence-corrected chi connectivity index (χ3v) is 3.02. The Bertz CT molecular complexity index is 581. The first-order valence-corrected chi connectivity index (χ1v) is 6.39. The summed E-state index contributed by atoms with van der Waals surface area (Å²) < 4.78 is 7.39. The van der Waals surface area contributed by atoms with Crippen LogP contribution in [0.5, 0.6) is 5.75 Å². The number of ether oxygens (including phenoxy) is 1. The van der Waals surface area contributed by atoms with Crippen LogP contribution in [-0.4, -0.2) is 16.4 Å². The van der Waals surface area contributed by atoms with Crippen molar-refractivity contribution in [2.75, 3.05) is 6.61 Å². The molecule has 1 aromatic heterocycles. The molecule has 0 spiro atoms. The van der Waals surface area contributed by atoms with Gasteiger partial charge in [0, 0.05) is 19.2 Å². The second-order valence-electron chi connectivity index (χ2n) is 4.17. The standard InChI is InChI=1S/C14H14ClN3O/c1-11-14(15)10-18(17-11)6-3-7-19-13-5-2-4-12(8-13)9-16/h2,4-5,8,10H,3,6-7H2,1H3. The van der Waals surface area contributed by atoms with Crippen molar-refractivity contribution in [3.8, 4) is 11.8 Å². The van der Waals surface area contributed by atoms with Gasteiger partial charge in [0.15, 0.2) is 0 Å². The van der Waals surface area contributed by atoms with Crippen LogP contribution >= 0.6 is 11.6 Å². The van der Waals surface area contributed by atoms with Gasteiger partial charge in [-0.1, -0.05) is 17.7 Å². The zero-order valence-corrected chi connectivity index (χ0v) is 11.4. The summed E-state index contributed by atoms with van der Waals surface area (Å²) >= 11 is 5.93. The Balaban J connectivity index is 1.79. The summed E-state index contributed by atoms with van der Waals surface area (Å²) in [5, 5.41) is 13.7. The van der Waals surface area contributed by atoms with Crippen molar-refractivity contribution in [2.45, 2.75) is 19.9 Å². The number of hydrogen-bond donors (Lipinski definition) is 0. The van der Waals surface area contributed by atoms with Crippen LogP contribution in [0.25, 0.3) is 0 Å². The number of nitrogens with zero attached hydrogens (tertiary/aromatic N) is 3. The SMILES string of the molecule is Cc1nn(CCCOc2cccc(C#N)c2)cc1Cl. The first-order chi connectivity index (χ1) is 9.19. The highest BCUT2D eigenvalue weighted by atomic mass is 35.5. The number of aromatic nitrogens is 2. The van der Waals surface area contributed by atoms with Crippen molar-refractivity contribution in [3.05, 3.63) is 46.7 Å². The van der Waals surface area contributed by atoms with E-state index in [4.69, 9.17) is 21.6 Å². The summed E-state index contributed by atoms with van der Waals surface area (Å²) in [4.78, 5) is 0. The Morgan fingerprint density at radius 1 is 1.47 bits per heavy atom. The summed E-state index contributed by atoms with van der Waals surface area (Å²) in [5.41, 5.74) is 1.44. The van der Waals surface area contributed by atoms with E-state index in [-0.39, 0.29) is 0 Å². The second-order valence-corrected chi connectivity index (χ2v) is 4.57. The molecule has 0 aliphatic heterocycles. The van der Waals surface area contributed by atoms with E-state index >= 15 is 0 Å². The maximum atomic E-state index is 8.78. The molecule has 0 radical (unpaired) electrons. The molecule has 0 N–H and O–H groups in total. The van der Waals surface area contributed by atoms with Gasteiger partial charge in [0.1, 0.15) is 5.75 Å². The van der Waals surface area contributed by atoms with Gasteiger partial charge in [0.05, 0.1) is 29.0 Å². The van der Waals surface area contributed by atoms with Gasteiger partial charge in [0.2, 0.25) is 0 Å². The molecule has 0 saturated carbocycles. The summed E-state index contributed by atoms with van der Waals surface area (Å²) in [6, 6.07) is 9.22. The Hall–Kier alpha value is -1.99. The van der Waals surface area contributed by atoms with Crippen molar-refractivity contribution < 1.29 is 4.74 Å². The number of rotatable bonds is 5. The Kier molecular flexibility index (Phi) is 4.43. The van der Waals surface area contributed by atoms with E-state index in [1.165, 1.54) is 0 Å². The van der Waals surface area contributed by atoms with Gasteiger partial charge in [-0.3, -0.25) is 4.68 Å². The normalized spacial score (nSPS) is 10.2. The van der Waals surface area contributed by atoms with E-state index in [0.717, 1.165) is 18.7 Å². The molecule has 1 heterocycles. The van der Waals surface area contributed by atoms with Crippen LogP contribution in [0.15, 0.2) is 30.5 Å². The third-order valence-electron chi connectivity index (χ3n) is 2.65. The minimum atomic E-state index is 0.575. The van der Waals surface area contributed by atoms with E-state index in [1.54, 1.807) is 12.1 Å². The van der Waals surface area contributed by atoms with Gasteiger partial charge in [-0.05, 0) is 25.1 Å². The maximum Gasteiger partial charge on any atom is 0.120 e. The van der Waals surface area contributed by atoms with Crippen molar-refractivity contribution in [3.63, 3.8) is 0 Å². The van der Waals surface area contributed by atoms with E-state index < -0.39 is 0 Å². The highest BCUT2D eigenvalue weighted by Crippen LogP contribution is 2.14. The van der Waals surface area contributed by atoms with Gasteiger partial charge in [-0.2, -0.15) is 10.4 Å². The fraction of sp³-hybridized carbons (Fsp3) is 0.286. The van der Waals surface area contributed by atoms with Crippen molar-refractivity contribution in [2.24, 2.45) is 0 Å². The minimum absolute atomic E-state index is 0.575. The zero-order chi connectivity index (χ0) is 13.7. The molecule has 0 unspecified atom stereocenters. The van der Waals surface area contributed by atoms with Gasteiger partial charge in [-0.15, -0.1) is 0 Å². The molecule has 0 aliphatic carbocycles. The Labute approximate surface area is 117 Å². The molecule has 1 aromatic carbocycles. The molecular formula is C14H14ClN3O. The Morgan fingerprint density at radius 2 is 2.32 bits per heavy atom. The van der Waals surface area contributed by atoms with Crippen LogP contribution < -0.4 is 4.74 Å². The van der Waals surface area contributed by atoms with Crippen molar-refractivity contribution in [1.29, 1.82) is 5.26 Å². The number of aryl methyl sites for hydroxylation is 2. The number of halogens is 1. The number of benzene rings is 1. The largest absolute Gasteiger partial charge is 0.493 e. The molecule has 2 rings (SSSR count). The van der Waals surface area contributed by atoms with Crippen molar-refractivity contribution >= 4 is 11.6 Å². The lowest BCUT2D eigenvalue weighted by molar-refractivity contribution is 0.298. The lowest BCUT2D eigenvalue weighted by Gasteiger charge is -2.06. The first-order valence-electron chi connectivity index (χ1n) is 6.01. The molecular weight excluding hydrogens is 262 g/mol. The fourth-order valence-electron chi connectivity index (χ4n) is 1.68. The molecule has 2 aromatic rings. The van der Waals surface area contributed by atoms with Crippen LogP contribution in [0.3, 0.4) is 0 Å². The van der Waals surface area contributed by atoms with E-state index in [2.05, 4.69) is 11.2 Å². The highest BCUT2D eigenvalue weighted by molar-refractivity contribution is 6.31. The molecule has 98 valence electrons. The van der Waals surface area contributed by atoms with Crippen LogP contribution in [0.1, 0.15) is 17.7 Å². The monoisotopic (exact) mass is 275 g/mol. The van der Waals surface area contributed by atoms with Crippen LogP contribution in [0.4, 0.5) is 0 Å². The Morgan fingerprint density at radius 3 is 3.00 bits per heavy atom. The quantitative estimate of drug-likeness (QED) is 0.788. The molecule has 0 amide bonds. The van der Waals surface area contributed by atoms with E-state index in [0.29, 0.717) is 22.9 Å². The predicted molar refractivity (Wildman–Crippen MR) is 73.2 cm³/mol. The molecule has 19 heavy (non-hydrogen) atoms. The second kappa shape index (κ2) is 6.26. The van der Waals surface area contributed by atoms with Crippen LogP contribution in [-0.2, 0) is 6.54 Å². The van der Waals surface area contributed by atoms with Gasteiger partial charge >= 0.3 is 0 Å². The lowest BCUT2D eigenvalue weighted by atomic mass is 10.2. The first kappa shape index (κ1) is 13.4. The predicted octanol–water partition coefficient (Wildman–Crippen LogP) is 3.19. The molecule has 0 atom stereocenters. The van der Waals surface area contributed by atoms with Gasteiger partial charge in [-0.25, -0.2) is 0 Å². The fourth-order valence-corrected chi connectivity index (χ4v) is 1.83. The number of nitriles is 1. The van der Waals surface area contributed by atoms with E-state index in [1.807, 2.05) is 29.9 Å². The van der Waals surface area contributed by atoms with Crippen LogP contribution in [0.2, 0.25) is 5.02 Å². The highest BCUT2D eigenvalue weighted by Gasteiger charge is 2.01. The molecule has 5 heteroatoms. The molecule has 0 aliphatic rings. The number of hydrogen-bond acceptors (Lipinski definition) is 3. The molecule has 4 nitrogen and oxygen atoms in total. The molecule has 0 saturated heterocycles. The summed E-state index contributed by atoms with van der Waals surface area (Å²) in [7, 11) is 0. The molecule has 0 bridgehead atoms. The average Bonchev–Trinajstić information content (AvgIpc) is 2.74. The summed E-state index contributed by atoms with van der Waals surface area (Å²) in [6.45, 7) is 3.21. The van der Waals surface area contributed by atoms with Crippen LogP contribution in [0, 0.1) is 18.3 Å². The maximum absolute atomic E-state index is 8.78. The summed E-state index contributed by atoms with van der Waals surface area (Å²) in [5.74, 6) is 0.716. The van der Waals surface area contributed by atoms with Gasteiger partial charge in [0.25, 0.3) is 0 Å². The van der Waals surface area contributed by atoms with E-state index in [9.17, 15) is 0 Å². The van der Waals surface area contributed by atoms with Crippen molar-refractivity contribution in [1.82, 2.24) is 9.78 Å². The smallest absolute Gasteiger partial charge is 0.120 e. The topological polar surface area (TPSA) is 50.8 Å². The zero-order valence-electron chi connectivity index (χ0n) is 10.6. The molecule has 0 fully saturated rings. The van der Waals surface area contributed by atoms with Gasteiger partial charge < -0.3 is 4.74 Å².